The van der Waals surface area contributed by atoms with E-state index in [-0.39, 0.29) is 82.5 Å². The van der Waals surface area contributed by atoms with Gasteiger partial charge in [0.05, 0.1) is 37.9 Å². The number of aliphatic hydroxyl groups excluding tert-OH is 3. The van der Waals surface area contributed by atoms with Crippen LogP contribution in [0.1, 0.15) is 88.0 Å². The van der Waals surface area contributed by atoms with E-state index in [1.165, 1.54) is 0 Å². The molecule has 0 radical (unpaired) electrons. The Kier molecular flexibility index (Phi) is 39.8. The summed E-state index contributed by atoms with van der Waals surface area (Å²) < 4.78 is 0. The van der Waals surface area contributed by atoms with Crippen molar-refractivity contribution in [1.82, 2.24) is 74.1 Å². The number of H-pyrrole nitrogens is 1. The number of carboxylic acid groups (broad SMARTS) is 1. The summed E-state index contributed by atoms with van der Waals surface area (Å²) in [6.45, 7) is 2.89. The van der Waals surface area contributed by atoms with E-state index in [2.05, 4.69) is 99.4 Å². The van der Waals surface area contributed by atoms with Gasteiger partial charge < -0.3 is 112 Å². The van der Waals surface area contributed by atoms with Crippen molar-refractivity contribution in [2.24, 2.45) is 22.9 Å². The smallest absolute Gasteiger partial charge is 0.327 e. The standard InChI is InChI=1S/C75H106N18O18S2/c1-41(95)62(73(108)89-54(33-46-23-11-6-12-24-46)70(105)93-63(42(2)96)74(109)90-57(38-94)71(106)91-59(40-113)75(110)111)92-65(100)51(28-16-18-30-77)83-68(103)55(34-47-36-81-49-26-14-13-25-48(47)49)87-67(102)53(32-45-21-9-5-10-22-45)85-66(101)52(31-44-19-7-4-8-20-44)86-69(104)56(35-60(79)97)88-64(99)50(27-15-17-29-76)84-72(107)58(39-112)82-61(98)37-80-43(3)78/h4-14,19-26,36,41-43,50-59,62-63,80-81,94-96,112-113H,15-18,27-35,37-40,76-78H2,1-3H3,(H2,79,97)(H,82,98)(H,83,103)(H,84,107)(H,85,101)(H,86,104)(H,87,102)(H,88,99)(H,89,108)(H,90,109)(H,91,106)(H,92,100)(H,93,105)(H,110,111)/t41?,42?,43?,50-,51-,52-,53-,54-,55-,56-,57-,58-,59-,62-,63-/m0/s1. The molecule has 0 bridgehead atoms. The molecule has 0 aliphatic rings. The van der Waals surface area contributed by atoms with Crippen LogP contribution in [-0.2, 0) is 92.8 Å². The number of hydrogen-bond acceptors (Lipinski definition) is 23. The van der Waals surface area contributed by atoms with E-state index < -0.39 is 187 Å². The molecule has 616 valence electrons. The Hall–Kier alpha value is -10.6. The van der Waals surface area contributed by atoms with Gasteiger partial charge in [-0.2, -0.15) is 25.3 Å². The van der Waals surface area contributed by atoms with Crippen LogP contribution in [0.25, 0.3) is 10.9 Å². The number of amides is 13. The maximum absolute atomic E-state index is 15.4. The quantitative estimate of drug-likeness (QED) is 0.00985. The van der Waals surface area contributed by atoms with Gasteiger partial charge >= 0.3 is 5.97 Å². The van der Waals surface area contributed by atoms with Gasteiger partial charge in [-0.3, -0.25) is 67.6 Å². The van der Waals surface area contributed by atoms with E-state index >= 15 is 14.4 Å². The molecular formula is C75H106N18O18S2. The first-order valence-corrected chi connectivity index (χ1v) is 38.1. The zero-order chi connectivity index (χ0) is 83.3. The van der Waals surface area contributed by atoms with E-state index in [1.807, 2.05) is 0 Å². The molecule has 1 heterocycles. The molecule has 5 rings (SSSR count). The molecule has 5 aromatic rings. The zero-order valence-electron chi connectivity index (χ0n) is 62.9. The lowest BCUT2D eigenvalue weighted by Gasteiger charge is -2.29. The number of para-hydroxylation sites is 1. The van der Waals surface area contributed by atoms with Gasteiger partial charge in [0.15, 0.2) is 0 Å². The molecule has 0 saturated heterocycles. The van der Waals surface area contributed by atoms with Crippen LogP contribution >= 0.6 is 25.3 Å². The highest BCUT2D eigenvalue weighted by molar-refractivity contribution is 7.80. The number of aromatic amines is 1. The average Bonchev–Trinajstić information content (AvgIpc) is 1.56. The van der Waals surface area contributed by atoms with Crippen molar-refractivity contribution in [1.29, 1.82) is 0 Å². The number of aromatic nitrogens is 1. The van der Waals surface area contributed by atoms with Gasteiger partial charge in [-0.15, -0.1) is 0 Å². The second-order valence-electron chi connectivity index (χ2n) is 27.1. The monoisotopic (exact) mass is 1610 g/mol. The molecule has 38 heteroatoms. The fourth-order valence-electron chi connectivity index (χ4n) is 11.7. The van der Waals surface area contributed by atoms with Crippen molar-refractivity contribution in [3.05, 3.63) is 144 Å². The lowest BCUT2D eigenvalue weighted by atomic mass is 10.00. The molecular weight excluding hydrogens is 1510 g/mol. The van der Waals surface area contributed by atoms with Crippen LogP contribution < -0.4 is 92.1 Å². The van der Waals surface area contributed by atoms with Crippen molar-refractivity contribution in [2.45, 2.75) is 182 Å². The van der Waals surface area contributed by atoms with Crippen molar-refractivity contribution >= 4 is 119 Å². The fraction of sp³-hybridized carbons (Fsp3) is 0.467. The highest BCUT2D eigenvalue weighted by Gasteiger charge is 2.39. The molecule has 113 heavy (non-hydrogen) atoms. The molecule has 1 aromatic heterocycles. The predicted octanol–water partition coefficient (Wildman–Crippen LogP) is -5.02. The Morgan fingerprint density at radius 3 is 1.17 bits per heavy atom. The summed E-state index contributed by atoms with van der Waals surface area (Å²) in [5.74, 6) is -15.2. The van der Waals surface area contributed by atoms with Crippen molar-refractivity contribution in [3.63, 3.8) is 0 Å². The Labute approximate surface area is 664 Å². The number of fused-ring (bicyclic) bond motifs is 1. The normalized spacial score (nSPS) is 15.2. The summed E-state index contributed by atoms with van der Waals surface area (Å²) in [7, 11) is 0. The molecule has 0 saturated carbocycles. The van der Waals surface area contributed by atoms with Gasteiger partial charge in [0.2, 0.25) is 76.8 Å². The van der Waals surface area contributed by atoms with Crippen LogP contribution in [0.5, 0.6) is 0 Å². The SMILES string of the molecule is CC(N)NCC(=O)N[C@@H](CS)C(=O)N[C@@H](CCCCN)C(=O)N[C@@H](CC(N)=O)C(=O)N[C@@H](Cc1ccccc1)C(=O)N[C@@H](Cc1ccccc1)C(=O)N[C@@H](Cc1c[nH]c2ccccc12)C(=O)N[C@@H](CCCCN)C(=O)N[C@H](C(=O)N[C@@H](Cc1ccccc1)C(=O)N[C@H](C(=O)N[C@@H](CO)C(=O)N[C@@H](CS)C(=O)O)C(C)O)C(C)O. The van der Waals surface area contributed by atoms with E-state index in [9.17, 15) is 73.2 Å². The molecule has 0 aliphatic carbocycles. The molecule has 15 atom stereocenters. The molecule has 13 amide bonds. The number of rotatable bonds is 50. The predicted molar refractivity (Wildman–Crippen MR) is 423 cm³/mol. The third-order valence-electron chi connectivity index (χ3n) is 17.8. The summed E-state index contributed by atoms with van der Waals surface area (Å²) in [6.07, 6.45) is -3.32. The average molecular weight is 1610 g/mol. The third-order valence-corrected chi connectivity index (χ3v) is 18.6. The Bertz CT molecular complexity index is 3980. The number of nitrogens with two attached hydrogens (primary N) is 4. The number of carbonyl (C=O) groups excluding carboxylic acids is 13. The molecule has 3 unspecified atom stereocenters. The summed E-state index contributed by atoms with van der Waals surface area (Å²) in [5.41, 5.74) is 25.6. The Morgan fingerprint density at radius 2 is 0.761 bits per heavy atom. The first-order chi connectivity index (χ1) is 53.9. The lowest BCUT2D eigenvalue weighted by molar-refractivity contribution is -0.142. The van der Waals surface area contributed by atoms with Gasteiger partial charge in [-0.05, 0) is 101 Å². The highest BCUT2D eigenvalue weighted by Crippen LogP contribution is 2.21. The van der Waals surface area contributed by atoms with Gasteiger partial charge in [-0.25, -0.2) is 4.79 Å². The van der Waals surface area contributed by atoms with Crippen LogP contribution in [0.3, 0.4) is 0 Å². The van der Waals surface area contributed by atoms with E-state index in [1.54, 1.807) is 128 Å². The van der Waals surface area contributed by atoms with Gasteiger partial charge in [0, 0.05) is 54.3 Å². The fourth-order valence-corrected chi connectivity index (χ4v) is 12.2. The van der Waals surface area contributed by atoms with Gasteiger partial charge in [-0.1, -0.05) is 109 Å². The van der Waals surface area contributed by atoms with Crippen molar-refractivity contribution in [2.75, 3.05) is 37.7 Å². The summed E-state index contributed by atoms with van der Waals surface area (Å²) in [4.78, 5) is 199. The summed E-state index contributed by atoms with van der Waals surface area (Å²) in [5, 5.41) is 74.9. The molecule has 26 N–H and O–H groups in total. The molecule has 0 spiro atoms. The number of unbranched alkanes of at least 4 members (excludes halogenated alkanes) is 2. The minimum absolute atomic E-state index is 0.0337. The Morgan fingerprint density at radius 1 is 0.416 bits per heavy atom. The van der Waals surface area contributed by atoms with Crippen molar-refractivity contribution in [3.8, 4) is 0 Å². The van der Waals surface area contributed by atoms with Crippen LogP contribution in [0, 0.1) is 0 Å². The number of hydrogen-bond donors (Lipinski definition) is 24. The number of carbonyl (C=O) groups is 14. The number of thiol groups is 2. The highest BCUT2D eigenvalue weighted by atomic mass is 32.1. The third kappa shape index (κ3) is 31.5. The number of aliphatic hydroxyl groups is 3. The van der Waals surface area contributed by atoms with E-state index in [4.69, 9.17) is 22.9 Å². The lowest BCUT2D eigenvalue weighted by Crippen LogP contribution is -2.63. The van der Waals surface area contributed by atoms with Gasteiger partial charge in [0.1, 0.15) is 72.5 Å². The molecule has 0 aliphatic heterocycles. The maximum Gasteiger partial charge on any atom is 0.327 e. The summed E-state index contributed by atoms with van der Waals surface area (Å²) in [6, 6.07) is 12.3. The van der Waals surface area contributed by atoms with Crippen LogP contribution in [0.2, 0.25) is 0 Å². The maximum atomic E-state index is 15.4. The first kappa shape index (κ1) is 93.0. The second kappa shape index (κ2) is 48.4. The second-order valence-corrected chi connectivity index (χ2v) is 27.8. The number of primary amides is 1. The van der Waals surface area contributed by atoms with Crippen LogP contribution in [0.4, 0.5) is 0 Å². The topological polar surface area (TPSA) is 596 Å². The Balaban J connectivity index is 1.48. The number of nitrogens with one attached hydrogen (secondary N) is 14. The van der Waals surface area contributed by atoms with Crippen LogP contribution in [0.15, 0.2) is 121 Å². The number of benzene rings is 4. The van der Waals surface area contributed by atoms with E-state index in [0.717, 1.165) is 13.8 Å². The zero-order valence-corrected chi connectivity index (χ0v) is 64.7. The van der Waals surface area contributed by atoms with Crippen molar-refractivity contribution < 1.29 is 87.5 Å². The minimum Gasteiger partial charge on any atom is -0.480 e. The number of aliphatic carboxylic acids is 1. The summed E-state index contributed by atoms with van der Waals surface area (Å²) >= 11 is 8.12. The van der Waals surface area contributed by atoms with Gasteiger partial charge in [0.25, 0.3) is 0 Å². The van der Waals surface area contributed by atoms with E-state index in [0.29, 0.717) is 46.0 Å². The largest absolute Gasteiger partial charge is 0.480 e. The van der Waals surface area contributed by atoms with Crippen LogP contribution in [-0.4, -0.2) is 237 Å². The molecule has 4 aromatic carbocycles. The first-order valence-electron chi connectivity index (χ1n) is 36.8. The minimum atomic E-state index is -1.90. The molecule has 0 fully saturated rings. The number of carboxylic acids is 1. The molecule has 36 nitrogen and oxygen atoms in total.